The van der Waals surface area contributed by atoms with E-state index in [0.29, 0.717) is 6.04 Å². The number of hydrogen-bond acceptors (Lipinski definition) is 2. The monoisotopic (exact) mass is 308 g/mol. The van der Waals surface area contributed by atoms with E-state index in [1.807, 2.05) is 12.1 Å². The number of nitrogens with one attached hydrogen (secondary N) is 1. The van der Waals surface area contributed by atoms with Crippen molar-refractivity contribution in [2.75, 3.05) is 0 Å². The average molecular weight is 309 g/mol. The molecule has 5 heteroatoms. The van der Waals surface area contributed by atoms with E-state index in [-0.39, 0.29) is 11.8 Å². The van der Waals surface area contributed by atoms with E-state index in [2.05, 4.69) is 24.1 Å². The summed E-state index contributed by atoms with van der Waals surface area (Å²) in [5.41, 5.74) is 1.89. The van der Waals surface area contributed by atoms with Gasteiger partial charge in [-0.25, -0.2) is 0 Å². The summed E-state index contributed by atoms with van der Waals surface area (Å²) in [6, 6.07) is 4.69. The third kappa shape index (κ3) is 1.74. The van der Waals surface area contributed by atoms with Gasteiger partial charge in [-0.2, -0.15) is 0 Å². The Morgan fingerprint density at radius 2 is 2.20 bits per heavy atom. The number of nitrogens with zero attached hydrogens (tertiary/aromatic N) is 1. The normalized spacial score (nSPS) is 31.4. The predicted octanol–water partition coefficient (Wildman–Crippen LogP) is 3.54. The zero-order valence-electron chi connectivity index (χ0n) is 11.6. The first-order valence-electron chi connectivity index (χ1n) is 7.07. The number of fused-ring (bicyclic) bond motifs is 4. The van der Waals surface area contributed by atoms with Crippen molar-refractivity contribution in [3.8, 4) is 5.75 Å². The molecular formula is C15H17ClN2OS. The van der Waals surface area contributed by atoms with Crippen LogP contribution < -0.4 is 10.1 Å². The lowest BCUT2D eigenvalue weighted by molar-refractivity contribution is -0.0726. The molecule has 0 radical (unpaired) electrons. The topological polar surface area (TPSA) is 24.5 Å². The molecule has 2 unspecified atom stereocenters. The van der Waals surface area contributed by atoms with Crippen molar-refractivity contribution in [3.63, 3.8) is 0 Å². The van der Waals surface area contributed by atoms with Crippen molar-refractivity contribution in [1.29, 1.82) is 0 Å². The maximum Gasteiger partial charge on any atom is 0.184 e. The van der Waals surface area contributed by atoms with Crippen LogP contribution in [0.4, 0.5) is 0 Å². The Labute approximate surface area is 129 Å². The van der Waals surface area contributed by atoms with Crippen molar-refractivity contribution in [2.45, 2.75) is 50.9 Å². The second kappa shape index (κ2) is 4.01. The SMILES string of the molecule is Cc1cc(Cl)cc2c1OC1(C)CC2NC(=S)N1C1CC1. The summed E-state index contributed by atoms with van der Waals surface area (Å²) in [4.78, 5) is 2.26. The lowest BCUT2D eigenvalue weighted by Gasteiger charge is -2.53. The van der Waals surface area contributed by atoms with Crippen molar-refractivity contribution >= 4 is 28.9 Å². The van der Waals surface area contributed by atoms with Gasteiger partial charge >= 0.3 is 0 Å². The molecule has 0 aromatic heterocycles. The van der Waals surface area contributed by atoms with Gasteiger partial charge in [0.1, 0.15) is 5.75 Å². The van der Waals surface area contributed by atoms with Gasteiger partial charge in [0.15, 0.2) is 10.8 Å². The minimum Gasteiger partial charge on any atom is -0.467 e. The highest BCUT2D eigenvalue weighted by Gasteiger charge is 2.52. The highest BCUT2D eigenvalue weighted by Crippen LogP contribution is 2.49. The van der Waals surface area contributed by atoms with Crippen LogP contribution in [0.15, 0.2) is 12.1 Å². The Hall–Kier alpha value is -1.00. The lowest BCUT2D eigenvalue weighted by atomic mass is 9.89. The fraction of sp³-hybridized carbons (Fsp3) is 0.533. The highest BCUT2D eigenvalue weighted by atomic mass is 35.5. The number of hydrogen-bond donors (Lipinski definition) is 1. The molecule has 1 N–H and O–H groups in total. The van der Waals surface area contributed by atoms with Crippen LogP contribution in [0.25, 0.3) is 0 Å². The van der Waals surface area contributed by atoms with Gasteiger partial charge < -0.3 is 15.0 Å². The second-order valence-electron chi connectivity index (χ2n) is 6.23. The van der Waals surface area contributed by atoms with Gasteiger partial charge in [0.25, 0.3) is 0 Å². The van der Waals surface area contributed by atoms with E-state index in [1.54, 1.807) is 0 Å². The van der Waals surface area contributed by atoms with E-state index in [4.69, 9.17) is 28.6 Å². The molecule has 2 bridgehead atoms. The van der Waals surface area contributed by atoms with Gasteiger partial charge in [0.2, 0.25) is 0 Å². The van der Waals surface area contributed by atoms with Gasteiger partial charge in [-0.05, 0) is 56.6 Å². The molecule has 2 atom stereocenters. The van der Waals surface area contributed by atoms with Crippen LogP contribution in [0.2, 0.25) is 5.02 Å². The summed E-state index contributed by atoms with van der Waals surface area (Å²) >= 11 is 11.8. The third-order valence-electron chi connectivity index (χ3n) is 4.49. The molecule has 2 fully saturated rings. The zero-order valence-corrected chi connectivity index (χ0v) is 13.1. The molecule has 2 heterocycles. The molecule has 1 aliphatic carbocycles. The van der Waals surface area contributed by atoms with Crippen LogP contribution in [0.3, 0.4) is 0 Å². The fourth-order valence-corrected chi connectivity index (χ4v) is 4.26. The van der Waals surface area contributed by atoms with Gasteiger partial charge in [-0.15, -0.1) is 0 Å². The average Bonchev–Trinajstić information content (AvgIpc) is 3.14. The quantitative estimate of drug-likeness (QED) is 0.802. The van der Waals surface area contributed by atoms with Crippen molar-refractivity contribution < 1.29 is 4.74 Å². The molecule has 1 aromatic carbocycles. The molecule has 1 saturated carbocycles. The summed E-state index contributed by atoms with van der Waals surface area (Å²) in [6.45, 7) is 4.21. The lowest BCUT2D eigenvalue weighted by Crippen LogP contribution is -2.65. The maximum absolute atomic E-state index is 6.40. The van der Waals surface area contributed by atoms with E-state index in [0.717, 1.165) is 33.4 Å². The van der Waals surface area contributed by atoms with Gasteiger partial charge in [0, 0.05) is 23.0 Å². The number of thiocarbonyl (C=S) groups is 1. The van der Waals surface area contributed by atoms with E-state index in [9.17, 15) is 0 Å². The maximum atomic E-state index is 6.40. The van der Waals surface area contributed by atoms with Crippen LogP contribution in [0, 0.1) is 6.92 Å². The van der Waals surface area contributed by atoms with Gasteiger partial charge in [-0.1, -0.05) is 11.6 Å². The molecule has 2 aliphatic heterocycles. The standard InChI is InChI=1S/C15H17ClN2OS/c1-8-5-9(16)6-11-12-7-15(2,19-13(8)11)18(10-3-4-10)14(20)17-12/h5-6,10,12H,3-4,7H2,1-2H3,(H,17,20). The van der Waals surface area contributed by atoms with Crippen molar-refractivity contribution in [1.82, 2.24) is 10.2 Å². The zero-order chi connectivity index (χ0) is 14.1. The second-order valence-corrected chi connectivity index (χ2v) is 7.05. The first-order chi connectivity index (χ1) is 9.48. The molecule has 106 valence electrons. The largest absolute Gasteiger partial charge is 0.467 e. The summed E-state index contributed by atoms with van der Waals surface area (Å²) in [7, 11) is 0. The smallest absolute Gasteiger partial charge is 0.184 e. The van der Waals surface area contributed by atoms with Crippen LogP contribution in [0.5, 0.6) is 5.75 Å². The van der Waals surface area contributed by atoms with E-state index in [1.165, 1.54) is 12.8 Å². The Balaban J connectivity index is 1.83. The van der Waals surface area contributed by atoms with Crippen LogP contribution >= 0.6 is 23.8 Å². The first-order valence-corrected chi connectivity index (χ1v) is 7.85. The minimum absolute atomic E-state index is 0.198. The summed E-state index contributed by atoms with van der Waals surface area (Å²) in [6.07, 6.45) is 3.31. The molecule has 3 nitrogen and oxygen atoms in total. The summed E-state index contributed by atoms with van der Waals surface area (Å²) in [5.74, 6) is 0.966. The predicted molar refractivity (Wildman–Crippen MR) is 83.2 cm³/mol. The number of rotatable bonds is 1. The van der Waals surface area contributed by atoms with Gasteiger partial charge in [0.05, 0.1) is 6.04 Å². The number of aryl methyl sites for hydroxylation is 1. The third-order valence-corrected chi connectivity index (χ3v) is 5.02. The number of benzene rings is 1. The van der Waals surface area contributed by atoms with Gasteiger partial charge in [-0.3, -0.25) is 0 Å². The van der Waals surface area contributed by atoms with Crippen LogP contribution in [0.1, 0.15) is 43.4 Å². The molecular weight excluding hydrogens is 292 g/mol. The Morgan fingerprint density at radius 1 is 1.45 bits per heavy atom. The molecule has 4 rings (SSSR count). The van der Waals surface area contributed by atoms with Crippen LogP contribution in [-0.4, -0.2) is 21.8 Å². The minimum atomic E-state index is -0.334. The Bertz CT molecular complexity index is 616. The molecule has 0 amide bonds. The Morgan fingerprint density at radius 3 is 2.90 bits per heavy atom. The first kappa shape index (κ1) is 12.7. The van der Waals surface area contributed by atoms with Crippen LogP contribution in [-0.2, 0) is 0 Å². The van der Waals surface area contributed by atoms with E-state index >= 15 is 0 Å². The van der Waals surface area contributed by atoms with Crippen molar-refractivity contribution in [3.05, 3.63) is 28.3 Å². The molecule has 20 heavy (non-hydrogen) atoms. The highest BCUT2D eigenvalue weighted by molar-refractivity contribution is 7.80. The Kier molecular flexibility index (Phi) is 2.55. The molecule has 3 aliphatic rings. The molecule has 0 spiro atoms. The van der Waals surface area contributed by atoms with E-state index < -0.39 is 0 Å². The summed E-state index contributed by atoms with van der Waals surface area (Å²) in [5, 5.41) is 5.04. The fourth-order valence-electron chi connectivity index (χ4n) is 3.50. The number of halogens is 1. The molecule has 1 saturated heterocycles. The molecule has 1 aromatic rings. The van der Waals surface area contributed by atoms with Crippen molar-refractivity contribution in [2.24, 2.45) is 0 Å². The summed E-state index contributed by atoms with van der Waals surface area (Å²) < 4.78 is 6.40. The number of ether oxygens (including phenoxy) is 1.